The van der Waals surface area contributed by atoms with Crippen LogP contribution in [0.2, 0.25) is 0 Å². The highest BCUT2D eigenvalue weighted by atomic mass is 32.2. The number of para-hydroxylation sites is 1. The second kappa shape index (κ2) is 9.02. The number of aryl methyl sites for hydroxylation is 1. The molecule has 2 aromatic heterocycles. The van der Waals surface area contributed by atoms with E-state index in [1.807, 2.05) is 76.2 Å². The van der Waals surface area contributed by atoms with Gasteiger partial charge in [-0.2, -0.15) is 0 Å². The Morgan fingerprint density at radius 2 is 1.78 bits per heavy atom. The number of fused-ring (bicyclic) bond motifs is 1. The molecule has 0 aliphatic carbocycles. The molecule has 0 spiro atoms. The highest BCUT2D eigenvalue weighted by Gasteiger charge is 2.32. The molecule has 0 unspecified atom stereocenters. The van der Waals surface area contributed by atoms with Crippen molar-refractivity contribution in [2.75, 3.05) is 0 Å². The first-order chi connectivity index (χ1) is 15.2. The van der Waals surface area contributed by atoms with E-state index in [1.165, 1.54) is 6.07 Å². The van der Waals surface area contributed by atoms with E-state index in [0.29, 0.717) is 17.0 Å². The quantitative estimate of drug-likeness (QED) is 0.382. The van der Waals surface area contributed by atoms with Crippen LogP contribution in [-0.2, 0) is 17.8 Å². The van der Waals surface area contributed by atoms with Crippen molar-refractivity contribution in [2.45, 2.75) is 44.9 Å². The van der Waals surface area contributed by atoms with Crippen LogP contribution in [0.4, 0.5) is 4.39 Å². The number of halogens is 1. The predicted molar refractivity (Wildman–Crippen MR) is 126 cm³/mol. The fourth-order valence-electron chi connectivity index (χ4n) is 3.55. The minimum atomic E-state index is -1.38. The average Bonchev–Trinajstić information content (AvgIpc) is 3.19. The van der Waals surface area contributed by atoms with Crippen LogP contribution < -0.4 is 4.72 Å². The monoisotopic (exact) mass is 451 g/mol. The Bertz CT molecular complexity index is 1240. The van der Waals surface area contributed by atoms with Crippen molar-refractivity contribution in [1.29, 1.82) is 0 Å². The van der Waals surface area contributed by atoms with Crippen molar-refractivity contribution >= 4 is 22.3 Å². The number of hydrogen-bond acceptors (Lipinski definition) is 5. The topological polar surface area (TPSA) is 74.0 Å². The molecule has 0 amide bonds. The first kappa shape index (κ1) is 22.5. The van der Waals surface area contributed by atoms with Gasteiger partial charge in [-0.25, -0.2) is 4.39 Å². The van der Waals surface area contributed by atoms with E-state index < -0.39 is 22.2 Å². The van der Waals surface area contributed by atoms with Gasteiger partial charge in [0.2, 0.25) is 0 Å². The van der Waals surface area contributed by atoms with Gasteiger partial charge < -0.3 is 9.08 Å². The van der Waals surface area contributed by atoms with Crippen LogP contribution in [0.1, 0.15) is 43.8 Å². The minimum Gasteiger partial charge on any atom is -0.598 e. The molecule has 2 atom stereocenters. The van der Waals surface area contributed by atoms with Crippen LogP contribution >= 0.6 is 0 Å². The summed E-state index contributed by atoms with van der Waals surface area (Å²) in [6, 6.07) is 18.0. The molecule has 0 fully saturated rings. The van der Waals surface area contributed by atoms with Crippen LogP contribution in [0.15, 0.2) is 65.2 Å². The molecule has 2 aromatic carbocycles. The summed E-state index contributed by atoms with van der Waals surface area (Å²) in [6.07, 6.45) is 0.238. The van der Waals surface area contributed by atoms with Crippen molar-refractivity contribution < 1.29 is 13.5 Å². The number of hydrogen-bond donors (Lipinski definition) is 1. The summed E-state index contributed by atoms with van der Waals surface area (Å²) in [4.78, 5) is 4.40. The maximum absolute atomic E-state index is 14.6. The largest absolute Gasteiger partial charge is 0.598 e. The third-order valence-electron chi connectivity index (χ3n) is 5.23. The Hall–Kier alpha value is -2.74. The lowest BCUT2D eigenvalue weighted by atomic mass is 9.94. The number of nitrogens with one attached hydrogen (secondary N) is 1. The zero-order valence-corrected chi connectivity index (χ0v) is 19.4. The summed E-state index contributed by atoms with van der Waals surface area (Å²) >= 11 is -1.38. The van der Waals surface area contributed by atoms with Crippen molar-refractivity contribution in [3.05, 3.63) is 83.4 Å². The van der Waals surface area contributed by atoms with Crippen molar-refractivity contribution in [2.24, 2.45) is 0 Å². The van der Waals surface area contributed by atoms with E-state index >= 15 is 0 Å². The van der Waals surface area contributed by atoms with E-state index in [2.05, 4.69) is 14.9 Å². The molecular formula is C25H26FN3O2S. The minimum absolute atomic E-state index is 0.238. The molecular weight excluding hydrogens is 425 g/mol. The normalized spacial score (nSPS) is 13.9. The zero-order chi connectivity index (χ0) is 22.9. The van der Waals surface area contributed by atoms with Crippen molar-refractivity contribution in [3.63, 3.8) is 0 Å². The lowest BCUT2D eigenvalue weighted by Crippen LogP contribution is -2.42. The summed E-state index contributed by atoms with van der Waals surface area (Å²) in [7, 11) is 0. The highest BCUT2D eigenvalue weighted by molar-refractivity contribution is 7.90. The smallest absolute Gasteiger partial charge is 0.167 e. The van der Waals surface area contributed by atoms with Gasteiger partial charge >= 0.3 is 0 Å². The third-order valence-corrected chi connectivity index (χ3v) is 6.84. The fourth-order valence-corrected chi connectivity index (χ4v) is 4.37. The van der Waals surface area contributed by atoms with Gasteiger partial charge in [0.1, 0.15) is 16.3 Å². The summed E-state index contributed by atoms with van der Waals surface area (Å²) in [5.41, 5.74) is 4.13. The molecule has 7 heteroatoms. The fraction of sp³-hybridized carbons (Fsp3) is 0.280. The Morgan fingerprint density at radius 1 is 1.06 bits per heavy atom. The maximum atomic E-state index is 14.6. The lowest BCUT2D eigenvalue weighted by Gasteiger charge is -2.29. The van der Waals surface area contributed by atoms with Gasteiger partial charge in [0.05, 0.1) is 11.7 Å². The highest BCUT2D eigenvalue weighted by Crippen LogP contribution is 2.35. The zero-order valence-electron chi connectivity index (χ0n) is 18.6. The number of benzene rings is 2. The molecule has 2 heterocycles. The van der Waals surface area contributed by atoms with Crippen LogP contribution in [0.5, 0.6) is 0 Å². The molecule has 0 aliphatic rings. The van der Waals surface area contributed by atoms with Gasteiger partial charge in [-0.1, -0.05) is 41.6 Å². The second-order valence-corrected chi connectivity index (χ2v) is 10.7. The Labute approximate surface area is 190 Å². The molecule has 5 nitrogen and oxygen atoms in total. The molecule has 0 radical (unpaired) electrons. The summed E-state index contributed by atoms with van der Waals surface area (Å²) in [6.45, 7) is 7.52. The molecule has 4 rings (SSSR count). The molecule has 4 aromatic rings. The molecule has 166 valence electrons. The Morgan fingerprint density at radius 3 is 2.56 bits per heavy atom. The van der Waals surface area contributed by atoms with Crippen molar-refractivity contribution in [1.82, 2.24) is 14.9 Å². The third kappa shape index (κ3) is 4.70. The van der Waals surface area contributed by atoms with E-state index in [4.69, 9.17) is 4.52 Å². The van der Waals surface area contributed by atoms with Crippen LogP contribution in [0.3, 0.4) is 0 Å². The van der Waals surface area contributed by atoms with Gasteiger partial charge in [-0.05, 0) is 57.5 Å². The molecule has 0 saturated carbocycles. The van der Waals surface area contributed by atoms with Gasteiger partial charge in [0, 0.05) is 34.4 Å². The van der Waals surface area contributed by atoms with Crippen LogP contribution in [0, 0.1) is 12.7 Å². The summed E-state index contributed by atoms with van der Waals surface area (Å²) < 4.78 is 35.9. The molecule has 32 heavy (non-hydrogen) atoms. The molecule has 1 N–H and O–H groups in total. The summed E-state index contributed by atoms with van der Waals surface area (Å²) in [5.74, 6) is -0.381. The number of rotatable bonds is 6. The van der Waals surface area contributed by atoms with Crippen molar-refractivity contribution in [3.8, 4) is 11.3 Å². The Kier molecular flexibility index (Phi) is 6.33. The van der Waals surface area contributed by atoms with Gasteiger partial charge in [0.15, 0.2) is 5.58 Å². The summed E-state index contributed by atoms with van der Waals surface area (Å²) in [5, 5.41) is 5.19. The Balaban J connectivity index is 1.82. The maximum Gasteiger partial charge on any atom is 0.167 e. The SMILES string of the molecule is Cc1ccc(F)c(C[C@H](N[S@@+]([O-])C(C)(C)C)c2ccccc2-c2noc3ccccc23)n1. The molecule has 0 aliphatic heterocycles. The number of nitrogens with zero attached hydrogens (tertiary/aromatic N) is 2. The van der Waals surface area contributed by atoms with Crippen LogP contribution in [-0.4, -0.2) is 19.4 Å². The second-order valence-electron chi connectivity index (χ2n) is 8.75. The first-order valence-corrected chi connectivity index (χ1v) is 11.6. The van der Waals surface area contributed by atoms with E-state index in [1.54, 1.807) is 6.07 Å². The number of aromatic nitrogens is 2. The number of pyridine rings is 1. The van der Waals surface area contributed by atoms with Crippen LogP contribution in [0.25, 0.3) is 22.2 Å². The predicted octanol–water partition coefficient (Wildman–Crippen LogP) is 5.67. The van der Waals surface area contributed by atoms with E-state index in [0.717, 1.165) is 22.2 Å². The average molecular weight is 452 g/mol. The molecule has 0 bridgehead atoms. The van der Waals surface area contributed by atoms with Gasteiger partial charge in [-0.3, -0.25) is 4.98 Å². The van der Waals surface area contributed by atoms with Gasteiger partial charge in [0.25, 0.3) is 0 Å². The first-order valence-electron chi connectivity index (χ1n) is 10.5. The van der Waals surface area contributed by atoms with E-state index in [9.17, 15) is 8.94 Å². The lowest BCUT2D eigenvalue weighted by molar-refractivity contribution is 0.459. The van der Waals surface area contributed by atoms with E-state index in [-0.39, 0.29) is 12.2 Å². The molecule has 0 saturated heterocycles. The van der Waals surface area contributed by atoms with Gasteiger partial charge in [-0.15, -0.1) is 4.72 Å². The standard InChI is InChI=1S/C25H26FN3O2S/c1-16-13-14-20(26)22(27-16)15-21(29-32(30)25(2,3)4)17-9-5-6-10-18(17)24-19-11-7-8-12-23(19)31-28-24/h5-14,21,29H,15H2,1-4H3/t21-,32-/m0/s1.